The van der Waals surface area contributed by atoms with E-state index in [0.29, 0.717) is 23.1 Å². The maximum Gasteiger partial charge on any atom is 0.290 e. The maximum atomic E-state index is 12.7. The van der Waals surface area contributed by atoms with Crippen LogP contribution < -0.4 is 0 Å². The molecule has 1 aliphatic heterocycles. The minimum atomic E-state index is -0.393. The molecule has 0 unspecified atom stereocenters. The summed E-state index contributed by atoms with van der Waals surface area (Å²) in [6.45, 7) is 2.77. The van der Waals surface area contributed by atoms with Crippen molar-refractivity contribution in [2.45, 2.75) is 38.3 Å². The SMILES string of the molecule is CC(=O)c1cc(CC(=O)N2C[C@H]3C[C@@H](n4ccnc4)[C@H](O)C[C@H]3C2)cs1.O=CO. The summed E-state index contributed by atoms with van der Waals surface area (Å²) in [4.78, 5) is 39.2. The number of rotatable bonds is 4. The molecule has 29 heavy (non-hydrogen) atoms. The lowest BCUT2D eigenvalue weighted by Gasteiger charge is -2.35. The number of carbonyl (C=O) groups is 3. The second kappa shape index (κ2) is 9.32. The molecule has 4 atom stereocenters. The quantitative estimate of drug-likeness (QED) is 0.578. The van der Waals surface area contributed by atoms with Gasteiger partial charge >= 0.3 is 0 Å². The van der Waals surface area contributed by atoms with Gasteiger partial charge in [0.05, 0.1) is 29.8 Å². The number of fused-ring (bicyclic) bond motifs is 1. The Hall–Kier alpha value is -2.52. The highest BCUT2D eigenvalue weighted by atomic mass is 32.1. The van der Waals surface area contributed by atoms with Crippen LogP contribution in [-0.4, -0.2) is 62.0 Å². The van der Waals surface area contributed by atoms with E-state index >= 15 is 0 Å². The van der Waals surface area contributed by atoms with Crippen molar-refractivity contribution in [3.05, 3.63) is 40.6 Å². The van der Waals surface area contributed by atoms with Gasteiger partial charge in [-0.2, -0.15) is 0 Å². The van der Waals surface area contributed by atoms with Gasteiger partial charge in [-0.25, -0.2) is 4.98 Å². The number of likely N-dealkylation sites (tertiary alicyclic amines) is 1. The molecule has 2 N–H and O–H groups in total. The number of Topliss-reactive ketones (excluding diaryl/α,β-unsaturated/α-hetero) is 1. The standard InChI is InChI=1S/C19H23N3O3S.CH2O2/c1-12(23)18-4-13(10-26-18)5-19(25)22-8-14-6-16(21-3-2-20-11-21)17(24)7-15(14)9-22;2-1-3/h2-4,10-11,14-17,24H,5-9H2,1H3;1H,(H,2,3)/t14-,15+,16-,17-;/m1./s1. The molecule has 156 valence electrons. The summed E-state index contributed by atoms with van der Waals surface area (Å²) in [5, 5.41) is 19.3. The zero-order chi connectivity index (χ0) is 21.0. The summed E-state index contributed by atoms with van der Waals surface area (Å²) in [7, 11) is 0. The number of nitrogens with zero attached hydrogens (tertiary/aromatic N) is 3. The molecule has 3 heterocycles. The zero-order valence-corrected chi connectivity index (χ0v) is 17.0. The van der Waals surface area contributed by atoms with Crippen LogP contribution in [0.3, 0.4) is 0 Å². The van der Waals surface area contributed by atoms with Gasteiger partial charge in [0, 0.05) is 25.5 Å². The predicted octanol–water partition coefficient (Wildman–Crippen LogP) is 1.86. The first-order chi connectivity index (χ1) is 13.9. The lowest BCUT2D eigenvalue weighted by atomic mass is 9.77. The fraction of sp³-hybridized carbons (Fsp3) is 0.500. The van der Waals surface area contributed by atoms with Crippen LogP contribution >= 0.6 is 11.3 Å². The van der Waals surface area contributed by atoms with E-state index in [1.165, 1.54) is 11.3 Å². The third-order valence-corrected chi connectivity index (χ3v) is 6.81. The molecule has 4 rings (SSSR count). The van der Waals surface area contributed by atoms with Gasteiger partial charge in [-0.3, -0.25) is 14.4 Å². The molecule has 2 aromatic rings. The van der Waals surface area contributed by atoms with Crippen LogP contribution in [0, 0.1) is 11.8 Å². The molecular formula is C20H25N3O5S. The fourth-order valence-corrected chi connectivity index (χ4v) is 5.15. The third-order valence-electron chi connectivity index (χ3n) is 5.73. The normalized spacial score (nSPS) is 25.7. The number of aromatic nitrogens is 2. The van der Waals surface area contributed by atoms with Crippen molar-refractivity contribution in [2.24, 2.45) is 11.8 Å². The number of thiophene rings is 1. The van der Waals surface area contributed by atoms with Crippen molar-refractivity contribution in [3.8, 4) is 0 Å². The maximum absolute atomic E-state index is 12.7. The Bertz CT molecular complexity index is 850. The van der Waals surface area contributed by atoms with Gasteiger partial charge in [0.2, 0.25) is 5.91 Å². The molecule has 1 amide bonds. The van der Waals surface area contributed by atoms with Gasteiger partial charge in [0.1, 0.15) is 0 Å². The summed E-state index contributed by atoms with van der Waals surface area (Å²) in [5.41, 5.74) is 0.913. The van der Waals surface area contributed by atoms with Crippen LogP contribution in [0.1, 0.15) is 41.0 Å². The van der Waals surface area contributed by atoms with Crippen LogP contribution in [0.2, 0.25) is 0 Å². The van der Waals surface area contributed by atoms with Crippen LogP contribution in [0.25, 0.3) is 0 Å². The van der Waals surface area contributed by atoms with E-state index in [4.69, 9.17) is 9.90 Å². The number of hydrogen-bond donors (Lipinski definition) is 2. The molecule has 2 aliphatic rings. The first-order valence-corrected chi connectivity index (χ1v) is 10.4. The lowest BCUT2D eigenvalue weighted by Crippen LogP contribution is -2.35. The molecule has 1 aliphatic carbocycles. The molecular weight excluding hydrogens is 394 g/mol. The first-order valence-electron chi connectivity index (χ1n) is 9.52. The first kappa shape index (κ1) is 21.2. The van der Waals surface area contributed by atoms with Gasteiger partial charge in [0.15, 0.2) is 5.78 Å². The van der Waals surface area contributed by atoms with Gasteiger partial charge in [-0.1, -0.05) is 0 Å². The van der Waals surface area contributed by atoms with Crippen molar-refractivity contribution in [1.29, 1.82) is 0 Å². The highest BCUT2D eigenvalue weighted by Crippen LogP contribution is 2.41. The second-order valence-corrected chi connectivity index (χ2v) is 8.50. The summed E-state index contributed by atoms with van der Waals surface area (Å²) >= 11 is 1.40. The van der Waals surface area contributed by atoms with E-state index in [1.807, 2.05) is 27.1 Å². The number of ketones is 1. The van der Waals surface area contributed by atoms with Gasteiger partial charge in [-0.05, 0) is 48.6 Å². The predicted molar refractivity (Wildman–Crippen MR) is 107 cm³/mol. The Labute approximate surface area is 172 Å². The Morgan fingerprint density at radius 3 is 2.59 bits per heavy atom. The molecule has 0 bridgehead atoms. The Morgan fingerprint density at radius 1 is 1.31 bits per heavy atom. The molecule has 2 aromatic heterocycles. The van der Waals surface area contributed by atoms with Crippen LogP contribution in [0.4, 0.5) is 0 Å². The monoisotopic (exact) mass is 419 g/mol. The topological polar surface area (TPSA) is 113 Å². The summed E-state index contributed by atoms with van der Waals surface area (Å²) < 4.78 is 1.99. The molecule has 0 aromatic carbocycles. The number of aliphatic hydroxyl groups is 1. The van der Waals surface area contributed by atoms with Crippen LogP contribution in [0.15, 0.2) is 30.2 Å². The molecule has 9 heteroatoms. The Kier molecular flexibility index (Phi) is 6.81. The average Bonchev–Trinajstić information content (AvgIpc) is 3.41. The van der Waals surface area contributed by atoms with Gasteiger partial charge in [0.25, 0.3) is 6.47 Å². The number of aliphatic hydroxyl groups excluding tert-OH is 1. The van der Waals surface area contributed by atoms with Crippen molar-refractivity contribution in [1.82, 2.24) is 14.5 Å². The zero-order valence-electron chi connectivity index (χ0n) is 16.2. The Morgan fingerprint density at radius 2 is 2.00 bits per heavy atom. The van der Waals surface area contributed by atoms with E-state index in [2.05, 4.69) is 4.98 Å². The highest BCUT2D eigenvalue weighted by Gasteiger charge is 2.43. The van der Waals surface area contributed by atoms with Gasteiger partial charge in [-0.15, -0.1) is 11.3 Å². The molecule has 0 spiro atoms. The van der Waals surface area contributed by atoms with E-state index in [1.54, 1.807) is 19.4 Å². The molecule has 1 saturated heterocycles. The molecule has 1 saturated carbocycles. The number of hydrogen-bond acceptors (Lipinski definition) is 6. The number of carboxylic acid groups (broad SMARTS) is 1. The second-order valence-electron chi connectivity index (χ2n) is 7.59. The van der Waals surface area contributed by atoms with Crippen molar-refractivity contribution in [3.63, 3.8) is 0 Å². The van der Waals surface area contributed by atoms with Crippen molar-refractivity contribution >= 4 is 29.5 Å². The largest absolute Gasteiger partial charge is 0.483 e. The van der Waals surface area contributed by atoms with Gasteiger partial charge < -0.3 is 19.7 Å². The number of carbonyl (C=O) groups excluding carboxylic acids is 2. The smallest absolute Gasteiger partial charge is 0.290 e. The number of imidazole rings is 1. The summed E-state index contributed by atoms with van der Waals surface area (Å²) in [5.74, 6) is 0.940. The summed E-state index contributed by atoms with van der Waals surface area (Å²) in [6, 6.07) is 1.87. The molecule has 8 nitrogen and oxygen atoms in total. The van der Waals surface area contributed by atoms with E-state index in [9.17, 15) is 14.7 Å². The van der Waals surface area contributed by atoms with Crippen LogP contribution in [-0.2, 0) is 16.0 Å². The minimum absolute atomic E-state index is 0.0421. The third kappa shape index (κ3) is 4.91. The van der Waals surface area contributed by atoms with Crippen molar-refractivity contribution in [2.75, 3.05) is 13.1 Å². The van der Waals surface area contributed by atoms with E-state index in [0.717, 1.165) is 31.5 Å². The van der Waals surface area contributed by atoms with Crippen LogP contribution in [0.5, 0.6) is 0 Å². The molecule has 2 fully saturated rings. The lowest BCUT2D eigenvalue weighted by molar-refractivity contribution is -0.129. The molecule has 0 radical (unpaired) electrons. The van der Waals surface area contributed by atoms with E-state index in [-0.39, 0.29) is 24.2 Å². The highest BCUT2D eigenvalue weighted by molar-refractivity contribution is 7.12. The number of amides is 1. The average molecular weight is 420 g/mol. The fourth-order valence-electron chi connectivity index (χ4n) is 4.34. The van der Waals surface area contributed by atoms with E-state index < -0.39 is 6.10 Å². The van der Waals surface area contributed by atoms with Crippen molar-refractivity contribution < 1.29 is 24.6 Å². The summed E-state index contributed by atoms with van der Waals surface area (Å²) in [6.07, 6.45) is 6.94. The Balaban J connectivity index is 0.000000755. The minimum Gasteiger partial charge on any atom is -0.483 e.